The smallest absolute Gasteiger partial charge is 0.331 e. The van der Waals surface area contributed by atoms with Gasteiger partial charge < -0.3 is 33.7 Å². The van der Waals surface area contributed by atoms with Crippen molar-refractivity contribution in [2.75, 3.05) is 39.4 Å². The topological polar surface area (TPSA) is 97.4 Å². The molecule has 3 aliphatic carbocycles. The predicted molar refractivity (Wildman–Crippen MR) is 226 cm³/mol. The third-order valence-electron chi connectivity index (χ3n) is 13.2. The molecular formula is C48H57ClN2O7. The summed E-state index contributed by atoms with van der Waals surface area (Å²) < 4.78 is 36.7. The Labute approximate surface area is 348 Å². The molecule has 4 atom stereocenters. The van der Waals surface area contributed by atoms with Crippen LogP contribution in [0.2, 0.25) is 5.02 Å². The van der Waals surface area contributed by atoms with E-state index in [0.29, 0.717) is 62.0 Å². The van der Waals surface area contributed by atoms with E-state index >= 15 is 0 Å². The van der Waals surface area contributed by atoms with Crippen LogP contribution in [0.3, 0.4) is 0 Å². The summed E-state index contributed by atoms with van der Waals surface area (Å²) in [6.07, 6.45) is 10.6. The zero-order valence-electron chi connectivity index (χ0n) is 34.3. The number of carbonyl (C=O) groups excluding carboxylic acids is 1. The highest BCUT2D eigenvalue weighted by Gasteiger charge is 2.55. The van der Waals surface area contributed by atoms with Gasteiger partial charge in [0.2, 0.25) is 0 Å². The quantitative estimate of drug-likeness (QED) is 0.132. The van der Waals surface area contributed by atoms with Gasteiger partial charge in [-0.3, -0.25) is 4.98 Å². The van der Waals surface area contributed by atoms with Gasteiger partial charge in [0.25, 0.3) is 0 Å². The SMILES string of the molecule is COC(=O)C1(Nc2cccc(Cl)c2)CCC2(CC1)c1cc3c(cc1C[C@@H]2C[C@@H](C)COc1ccnc2c1[C@H](C)CCC2)O[C@@H](COCc1ccc(OC)cc1)CCO3. The van der Waals surface area contributed by atoms with E-state index in [9.17, 15) is 4.79 Å². The third kappa shape index (κ3) is 8.35. The monoisotopic (exact) mass is 808 g/mol. The lowest BCUT2D eigenvalue weighted by Gasteiger charge is -2.47. The van der Waals surface area contributed by atoms with Gasteiger partial charge >= 0.3 is 5.97 Å². The second-order valence-corrected chi connectivity index (χ2v) is 17.5. The van der Waals surface area contributed by atoms with Crippen molar-refractivity contribution >= 4 is 23.3 Å². The lowest BCUT2D eigenvalue weighted by molar-refractivity contribution is -0.148. The van der Waals surface area contributed by atoms with Gasteiger partial charge in [0.05, 0.1) is 40.6 Å². The maximum absolute atomic E-state index is 13.7. The Morgan fingerprint density at radius 2 is 1.84 bits per heavy atom. The number of hydrogen-bond acceptors (Lipinski definition) is 9. The maximum atomic E-state index is 13.7. The number of fused-ring (bicyclic) bond motifs is 4. The number of carbonyl (C=O) groups is 1. The Balaban J connectivity index is 1.03. The van der Waals surface area contributed by atoms with Gasteiger partial charge in [-0.05, 0) is 146 Å². The molecule has 2 heterocycles. The summed E-state index contributed by atoms with van der Waals surface area (Å²) in [5.41, 5.74) is 5.96. The average Bonchev–Trinajstić information content (AvgIpc) is 3.35. The van der Waals surface area contributed by atoms with Crippen LogP contribution in [0.1, 0.15) is 99.1 Å². The minimum absolute atomic E-state index is 0.129. The summed E-state index contributed by atoms with van der Waals surface area (Å²) in [6, 6.07) is 22.1. The number of esters is 1. The van der Waals surface area contributed by atoms with Crippen LogP contribution in [0, 0.1) is 11.8 Å². The minimum Gasteiger partial charge on any atom is -0.497 e. The van der Waals surface area contributed by atoms with Crippen LogP contribution in [0.15, 0.2) is 72.9 Å². The van der Waals surface area contributed by atoms with Crippen LogP contribution in [0.4, 0.5) is 5.69 Å². The van der Waals surface area contributed by atoms with E-state index in [1.165, 1.54) is 42.3 Å². The minimum atomic E-state index is -0.867. The first-order valence-electron chi connectivity index (χ1n) is 21.1. The van der Waals surface area contributed by atoms with Gasteiger partial charge in [0, 0.05) is 34.6 Å². The largest absolute Gasteiger partial charge is 0.497 e. The summed E-state index contributed by atoms with van der Waals surface area (Å²) in [5, 5.41) is 4.21. The van der Waals surface area contributed by atoms with E-state index in [-0.39, 0.29) is 17.5 Å². The number of aromatic nitrogens is 1. The number of pyridine rings is 1. The lowest BCUT2D eigenvalue weighted by Crippen LogP contribution is -2.53. The first-order valence-corrected chi connectivity index (χ1v) is 21.5. The molecule has 0 bridgehead atoms. The molecule has 58 heavy (non-hydrogen) atoms. The number of anilines is 1. The van der Waals surface area contributed by atoms with Crippen molar-refractivity contribution in [3.8, 4) is 23.0 Å². The Kier molecular flexibility index (Phi) is 12.1. The standard InChI is InChI=1S/C48H57ClN2O7/c1-31(28-57-42-15-21-50-41-10-5-7-32(2)45(41)42)23-35-24-34-25-44-43(56-22-16-39(58-44)30-55-29-33-11-13-38(53-3)14-12-33)27-40(34)47(35)17-19-48(20-18-47,46(52)54-4)51-37-9-6-8-36(49)26-37/h6,8-9,11-15,21,25-27,31-32,35,39,51H,5,7,10,16-20,22-24,28-30H2,1-4H3/t31-,32-,35+,39-,47?,48?/m1/s1. The summed E-state index contributed by atoms with van der Waals surface area (Å²) >= 11 is 6.39. The van der Waals surface area contributed by atoms with Gasteiger partial charge in [0.1, 0.15) is 23.1 Å². The molecule has 0 saturated heterocycles. The molecule has 0 unspecified atom stereocenters. The Morgan fingerprint density at radius 3 is 2.62 bits per heavy atom. The Bertz CT molecular complexity index is 2060. The average molecular weight is 809 g/mol. The van der Waals surface area contributed by atoms with Gasteiger partial charge in [-0.2, -0.15) is 0 Å². The molecule has 0 radical (unpaired) electrons. The van der Waals surface area contributed by atoms with Gasteiger partial charge in [0.15, 0.2) is 11.5 Å². The first-order chi connectivity index (χ1) is 28.2. The van der Waals surface area contributed by atoms with Crippen LogP contribution in [0.5, 0.6) is 23.0 Å². The predicted octanol–water partition coefficient (Wildman–Crippen LogP) is 10.0. The Hall–Kier alpha value is -4.47. The van der Waals surface area contributed by atoms with Crippen molar-refractivity contribution in [2.45, 2.75) is 108 Å². The fourth-order valence-electron chi connectivity index (χ4n) is 10.2. The number of nitrogens with one attached hydrogen (secondary N) is 1. The van der Waals surface area contributed by atoms with Crippen LogP contribution >= 0.6 is 11.6 Å². The number of ether oxygens (including phenoxy) is 6. The van der Waals surface area contributed by atoms with Crippen molar-refractivity contribution in [2.24, 2.45) is 11.8 Å². The second kappa shape index (κ2) is 17.4. The van der Waals surface area contributed by atoms with Crippen molar-refractivity contribution in [3.05, 3.63) is 106 Å². The second-order valence-electron chi connectivity index (χ2n) is 17.1. The normalized spacial score (nSPS) is 25.2. The molecule has 4 aromatic rings. The van der Waals surface area contributed by atoms with Crippen LogP contribution in [0.25, 0.3) is 0 Å². The number of aryl methyl sites for hydroxylation is 1. The molecule has 1 N–H and O–H groups in total. The van der Waals surface area contributed by atoms with E-state index in [0.717, 1.165) is 72.8 Å². The molecule has 1 saturated carbocycles. The molecule has 1 fully saturated rings. The third-order valence-corrected chi connectivity index (χ3v) is 13.5. The van der Waals surface area contributed by atoms with E-state index in [1.54, 1.807) is 7.11 Å². The fourth-order valence-corrected chi connectivity index (χ4v) is 10.4. The number of hydrogen-bond donors (Lipinski definition) is 1. The zero-order valence-corrected chi connectivity index (χ0v) is 35.1. The summed E-state index contributed by atoms with van der Waals surface area (Å²) in [5.74, 6) is 4.22. The van der Waals surface area contributed by atoms with Gasteiger partial charge in [-0.1, -0.05) is 43.6 Å². The van der Waals surface area contributed by atoms with Crippen molar-refractivity contribution in [3.63, 3.8) is 0 Å². The molecular weight excluding hydrogens is 752 g/mol. The lowest BCUT2D eigenvalue weighted by atomic mass is 9.59. The van der Waals surface area contributed by atoms with E-state index in [4.69, 9.17) is 45.0 Å². The number of benzene rings is 3. The highest BCUT2D eigenvalue weighted by atomic mass is 35.5. The summed E-state index contributed by atoms with van der Waals surface area (Å²) in [4.78, 5) is 18.4. The molecule has 308 valence electrons. The maximum Gasteiger partial charge on any atom is 0.331 e. The number of nitrogens with zero attached hydrogens (tertiary/aromatic N) is 1. The van der Waals surface area contributed by atoms with Crippen molar-refractivity contribution in [1.29, 1.82) is 0 Å². The van der Waals surface area contributed by atoms with Crippen LogP contribution in [-0.2, 0) is 39.1 Å². The molecule has 9 nitrogen and oxygen atoms in total. The van der Waals surface area contributed by atoms with E-state index < -0.39 is 5.54 Å². The van der Waals surface area contributed by atoms with Gasteiger partial charge in [-0.25, -0.2) is 4.79 Å². The molecule has 1 aromatic heterocycles. The number of halogens is 1. The first kappa shape index (κ1) is 40.3. The molecule has 0 amide bonds. The van der Waals surface area contributed by atoms with Crippen molar-refractivity contribution in [1.82, 2.24) is 4.98 Å². The highest BCUT2D eigenvalue weighted by Crippen LogP contribution is 2.58. The number of rotatable bonds is 13. The molecule has 10 heteroatoms. The summed E-state index contributed by atoms with van der Waals surface area (Å²) in [7, 11) is 3.15. The highest BCUT2D eigenvalue weighted by molar-refractivity contribution is 6.30. The van der Waals surface area contributed by atoms with Crippen molar-refractivity contribution < 1.29 is 33.2 Å². The molecule has 3 aromatic carbocycles. The van der Waals surface area contributed by atoms with Crippen LogP contribution < -0.4 is 24.3 Å². The molecule has 8 rings (SSSR count). The molecule has 1 aliphatic heterocycles. The van der Waals surface area contributed by atoms with Crippen LogP contribution in [-0.4, -0.2) is 56.6 Å². The number of methoxy groups -OCH3 is 2. The fraction of sp³-hybridized carbons (Fsp3) is 0.500. The molecule has 4 aliphatic rings. The van der Waals surface area contributed by atoms with E-state index in [2.05, 4.69) is 31.3 Å². The zero-order chi connectivity index (χ0) is 40.3. The summed E-state index contributed by atoms with van der Waals surface area (Å²) in [6.45, 7) is 6.74. The van der Waals surface area contributed by atoms with E-state index in [1.807, 2.05) is 60.8 Å². The Morgan fingerprint density at radius 1 is 1.02 bits per heavy atom. The van der Waals surface area contributed by atoms with Gasteiger partial charge in [-0.15, -0.1) is 0 Å². The molecule has 1 spiro atoms.